The smallest absolute Gasteiger partial charge is 0.0593 e. The molecule has 1 atom stereocenters. The maximum atomic E-state index is 5.69. The van der Waals surface area contributed by atoms with Crippen LogP contribution in [0.2, 0.25) is 0 Å². The van der Waals surface area contributed by atoms with Crippen LogP contribution >= 0.6 is 0 Å². The molecule has 0 saturated carbocycles. The molecule has 3 heteroatoms. The zero-order chi connectivity index (χ0) is 13.4. The Morgan fingerprint density at radius 3 is 2.67 bits per heavy atom. The number of nitrogens with zero attached hydrogens (tertiary/aromatic N) is 1. The first-order valence-electron chi connectivity index (χ1n) is 7.62. The Balaban J connectivity index is 2.11. The minimum Gasteiger partial charge on any atom is -0.380 e. The molecule has 1 aliphatic heterocycles. The molecule has 1 rings (SSSR count). The van der Waals surface area contributed by atoms with E-state index >= 15 is 0 Å². The second-order valence-corrected chi connectivity index (χ2v) is 6.35. The highest BCUT2D eigenvalue weighted by atomic mass is 16.5. The first-order chi connectivity index (χ1) is 8.59. The lowest BCUT2D eigenvalue weighted by Gasteiger charge is -2.25. The van der Waals surface area contributed by atoms with Gasteiger partial charge in [-0.15, -0.1) is 0 Å². The predicted molar refractivity (Wildman–Crippen MR) is 78.0 cm³/mol. The number of hydrogen-bond donors (Lipinski definition) is 1. The summed E-state index contributed by atoms with van der Waals surface area (Å²) in [4.78, 5) is 2.59. The van der Waals surface area contributed by atoms with Crippen molar-refractivity contribution in [1.29, 1.82) is 0 Å². The van der Waals surface area contributed by atoms with Crippen LogP contribution in [-0.2, 0) is 4.74 Å². The Labute approximate surface area is 113 Å². The molecule has 0 amide bonds. The molecular weight excluding hydrogens is 224 g/mol. The van der Waals surface area contributed by atoms with Gasteiger partial charge in [0.1, 0.15) is 0 Å². The van der Waals surface area contributed by atoms with E-state index in [1.54, 1.807) is 0 Å². The van der Waals surface area contributed by atoms with Crippen molar-refractivity contribution < 1.29 is 4.74 Å². The Morgan fingerprint density at radius 2 is 2.00 bits per heavy atom. The molecule has 0 bridgehead atoms. The SMILES string of the molecule is CC(C)CNCC1CCCN1CCOCC(C)C. The normalized spacial score (nSPS) is 21.3. The molecule has 1 aliphatic rings. The molecule has 1 N–H and O–H groups in total. The van der Waals surface area contributed by atoms with Gasteiger partial charge in [0.05, 0.1) is 6.61 Å². The third kappa shape index (κ3) is 6.72. The fourth-order valence-corrected chi connectivity index (χ4v) is 2.46. The first-order valence-corrected chi connectivity index (χ1v) is 7.62. The number of rotatable bonds is 9. The van der Waals surface area contributed by atoms with Crippen LogP contribution in [0, 0.1) is 11.8 Å². The zero-order valence-corrected chi connectivity index (χ0v) is 12.7. The van der Waals surface area contributed by atoms with Gasteiger partial charge in [-0.25, -0.2) is 0 Å². The van der Waals surface area contributed by atoms with Crippen LogP contribution in [-0.4, -0.2) is 50.3 Å². The van der Waals surface area contributed by atoms with Crippen LogP contribution in [0.3, 0.4) is 0 Å². The second kappa shape index (κ2) is 8.89. The molecule has 0 radical (unpaired) electrons. The summed E-state index contributed by atoms with van der Waals surface area (Å²) >= 11 is 0. The monoisotopic (exact) mass is 256 g/mol. The Hall–Kier alpha value is -0.120. The molecule has 108 valence electrons. The van der Waals surface area contributed by atoms with E-state index in [1.807, 2.05) is 0 Å². The van der Waals surface area contributed by atoms with E-state index in [0.717, 1.165) is 44.8 Å². The largest absolute Gasteiger partial charge is 0.380 e. The zero-order valence-electron chi connectivity index (χ0n) is 12.7. The highest BCUT2D eigenvalue weighted by Crippen LogP contribution is 2.16. The number of ether oxygens (including phenoxy) is 1. The van der Waals surface area contributed by atoms with Crippen molar-refractivity contribution in [1.82, 2.24) is 10.2 Å². The van der Waals surface area contributed by atoms with Gasteiger partial charge in [-0.2, -0.15) is 0 Å². The van der Waals surface area contributed by atoms with Crippen molar-refractivity contribution in [3.63, 3.8) is 0 Å². The van der Waals surface area contributed by atoms with Crippen molar-refractivity contribution in [2.75, 3.05) is 39.4 Å². The highest BCUT2D eigenvalue weighted by molar-refractivity contribution is 4.80. The average molecular weight is 256 g/mol. The fourth-order valence-electron chi connectivity index (χ4n) is 2.46. The van der Waals surface area contributed by atoms with Gasteiger partial charge in [-0.3, -0.25) is 4.90 Å². The number of nitrogens with one attached hydrogen (secondary N) is 1. The molecular formula is C15H32N2O. The van der Waals surface area contributed by atoms with Crippen LogP contribution in [0.4, 0.5) is 0 Å². The van der Waals surface area contributed by atoms with Crippen LogP contribution in [0.1, 0.15) is 40.5 Å². The summed E-state index contributed by atoms with van der Waals surface area (Å²) in [6.45, 7) is 15.3. The Bertz CT molecular complexity index is 207. The summed E-state index contributed by atoms with van der Waals surface area (Å²) in [7, 11) is 0. The van der Waals surface area contributed by atoms with Crippen molar-refractivity contribution in [2.45, 2.75) is 46.6 Å². The molecule has 0 aromatic rings. The van der Waals surface area contributed by atoms with Gasteiger partial charge < -0.3 is 10.1 Å². The number of hydrogen-bond acceptors (Lipinski definition) is 3. The third-order valence-corrected chi connectivity index (χ3v) is 3.41. The Kier molecular flexibility index (Phi) is 7.87. The lowest BCUT2D eigenvalue weighted by molar-refractivity contribution is 0.0818. The van der Waals surface area contributed by atoms with Gasteiger partial charge in [-0.1, -0.05) is 27.7 Å². The average Bonchev–Trinajstić information content (AvgIpc) is 2.71. The van der Waals surface area contributed by atoms with E-state index in [4.69, 9.17) is 4.74 Å². The fraction of sp³-hybridized carbons (Fsp3) is 1.00. The first kappa shape index (κ1) is 15.9. The molecule has 1 fully saturated rings. The molecule has 0 aromatic heterocycles. The highest BCUT2D eigenvalue weighted by Gasteiger charge is 2.23. The molecule has 3 nitrogen and oxygen atoms in total. The van der Waals surface area contributed by atoms with E-state index in [0.29, 0.717) is 5.92 Å². The summed E-state index contributed by atoms with van der Waals surface area (Å²) in [6.07, 6.45) is 2.69. The van der Waals surface area contributed by atoms with Gasteiger partial charge >= 0.3 is 0 Å². The van der Waals surface area contributed by atoms with Crippen molar-refractivity contribution >= 4 is 0 Å². The van der Waals surface area contributed by atoms with Gasteiger partial charge in [0.15, 0.2) is 0 Å². The second-order valence-electron chi connectivity index (χ2n) is 6.35. The summed E-state index contributed by atoms with van der Waals surface area (Å²) in [5.41, 5.74) is 0. The van der Waals surface area contributed by atoms with E-state index in [-0.39, 0.29) is 0 Å². The molecule has 0 aromatic carbocycles. The van der Waals surface area contributed by atoms with Crippen LogP contribution < -0.4 is 5.32 Å². The quantitative estimate of drug-likeness (QED) is 0.641. The minimum absolute atomic E-state index is 0.645. The van der Waals surface area contributed by atoms with Gasteiger partial charge in [0, 0.05) is 25.7 Å². The molecule has 0 aliphatic carbocycles. The minimum atomic E-state index is 0.645. The van der Waals surface area contributed by atoms with Crippen LogP contribution in [0.25, 0.3) is 0 Å². The van der Waals surface area contributed by atoms with E-state index in [9.17, 15) is 0 Å². The summed E-state index contributed by atoms with van der Waals surface area (Å²) < 4.78 is 5.69. The summed E-state index contributed by atoms with van der Waals surface area (Å²) in [5, 5.41) is 3.58. The van der Waals surface area contributed by atoms with E-state index in [1.165, 1.54) is 19.4 Å². The molecule has 0 spiro atoms. The van der Waals surface area contributed by atoms with Gasteiger partial charge in [0.2, 0.25) is 0 Å². The van der Waals surface area contributed by atoms with Gasteiger partial charge in [-0.05, 0) is 37.8 Å². The van der Waals surface area contributed by atoms with Crippen molar-refractivity contribution in [3.8, 4) is 0 Å². The van der Waals surface area contributed by atoms with Crippen LogP contribution in [0.5, 0.6) is 0 Å². The summed E-state index contributed by atoms with van der Waals surface area (Å²) in [5.74, 6) is 1.39. The lowest BCUT2D eigenvalue weighted by atomic mass is 10.2. The van der Waals surface area contributed by atoms with Crippen LogP contribution in [0.15, 0.2) is 0 Å². The van der Waals surface area contributed by atoms with Crippen molar-refractivity contribution in [3.05, 3.63) is 0 Å². The molecule has 18 heavy (non-hydrogen) atoms. The van der Waals surface area contributed by atoms with E-state index in [2.05, 4.69) is 37.9 Å². The third-order valence-electron chi connectivity index (χ3n) is 3.41. The maximum absolute atomic E-state index is 5.69. The topological polar surface area (TPSA) is 24.5 Å². The van der Waals surface area contributed by atoms with Gasteiger partial charge in [0.25, 0.3) is 0 Å². The predicted octanol–water partition coefficient (Wildman–Crippen LogP) is 2.37. The summed E-state index contributed by atoms with van der Waals surface area (Å²) in [6, 6.07) is 0.728. The number of likely N-dealkylation sites (tertiary alicyclic amines) is 1. The Morgan fingerprint density at radius 1 is 1.22 bits per heavy atom. The molecule has 1 heterocycles. The standard InChI is InChI=1S/C15H32N2O/c1-13(2)10-16-11-15-6-5-7-17(15)8-9-18-12-14(3)4/h13-16H,5-12H2,1-4H3. The van der Waals surface area contributed by atoms with E-state index < -0.39 is 0 Å². The lowest BCUT2D eigenvalue weighted by Crippen LogP contribution is -2.40. The molecule has 1 unspecified atom stereocenters. The molecule has 1 saturated heterocycles. The maximum Gasteiger partial charge on any atom is 0.0593 e. The van der Waals surface area contributed by atoms with Crippen molar-refractivity contribution in [2.24, 2.45) is 11.8 Å².